The second-order valence-electron chi connectivity index (χ2n) is 5.59. The number of para-hydroxylation sites is 2. The molecule has 3 aromatic carbocycles. The molecule has 3 rings (SSSR count). The Morgan fingerprint density at radius 3 is 1.35 bits per heavy atom. The van der Waals surface area contributed by atoms with Crippen molar-refractivity contribution in [2.45, 2.75) is 13.3 Å². The quantitative estimate of drug-likeness (QED) is 0.477. The molecule has 0 radical (unpaired) electrons. The van der Waals surface area contributed by atoms with E-state index in [9.17, 15) is 4.79 Å². The van der Waals surface area contributed by atoms with Crippen molar-refractivity contribution >= 4 is 5.78 Å². The second-order valence-corrected chi connectivity index (χ2v) is 5.59. The molecule has 0 unspecified atom stereocenters. The first-order valence-corrected chi connectivity index (χ1v) is 8.19. The number of phenols is 2. The molecule has 0 heterocycles. The van der Waals surface area contributed by atoms with Crippen LogP contribution < -0.4 is 0 Å². The molecular formula is C23H24O3. The Bertz CT molecular complexity index is 729. The summed E-state index contributed by atoms with van der Waals surface area (Å²) in [5, 5.41) is 17.3. The highest BCUT2D eigenvalue weighted by Gasteiger charge is 2.03. The Morgan fingerprint density at radius 1 is 0.731 bits per heavy atom. The normalized spacial score (nSPS) is 8.96. The third kappa shape index (κ3) is 9.73. The molecule has 3 heteroatoms. The van der Waals surface area contributed by atoms with Gasteiger partial charge >= 0.3 is 0 Å². The molecule has 0 spiro atoms. The minimum atomic E-state index is 0.142. The molecule has 134 valence electrons. The van der Waals surface area contributed by atoms with Gasteiger partial charge in [-0.3, -0.25) is 4.79 Å². The number of rotatable bonds is 3. The van der Waals surface area contributed by atoms with Crippen LogP contribution in [0.15, 0.2) is 103 Å². The van der Waals surface area contributed by atoms with E-state index in [-0.39, 0.29) is 5.78 Å². The Morgan fingerprint density at radius 2 is 1.08 bits per heavy atom. The molecule has 0 saturated carbocycles. The van der Waals surface area contributed by atoms with Gasteiger partial charge in [-0.25, -0.2) is 0 Å². The lowest BCUT2D eigenvalue weighted by Gasteiger charge is -1.98. The van der Waals surface area contributed by atoms with Crippen LogP contribution in [-0.2, 0) is 0 Å². The Hall–Kier alpha value is -3.33. The molecule has 3 aromatic rings. The summed E-state index contributed by atoms with van der Waals surface area (Å²) in [4.78, 5) is 11.4. The lowest BCUT2D eigenvalue weighted by molar-refractivity contribution is 0.0993. The summed E-state index contributed by atoms with van der Waals surface area (Å²) in [6.07, 6.45) is 0.448. The van der Waals surface area contributed by atoms with Crippen LogP contribution in [0.4, 0.5) is 0 Å². The number of aromatic hydroxyl groups is 2. The Balaban J connectivity index is 0.000000207. The molecule has 0 aliphatic carbocycles. The standard InChI is InChI=1S/C11H12O.2C6H6O/c1-9(2)8-11(12)10-6-4-3-5-7-10;2*7-6-4-2-1-3-5-6/h3-7H,1,8H2,2H3;2*1-5,7H. The van der Waals surface area contributed by atoms with Crippen LogP contribution in [0.1, 0.15) is 23.7 Å². The second kappa shape index (κ2) is 12.1. The number of ketones is 1. The van der Waals surface area contributed by atoms with Crippen molar-refractivity contribution in [3.05, 3.63) is 109 Å². The largest absolute Gasteiger partial charge is 0.508 e. The summed E-state index contributed by atoms with van der Waals surface area (Å²) in [6, 6.07) is 26.7. The number of hydrogen-bond acceptors (Lipinski definition) is 3. The van der Waals surface area contributed by atoms with Gasteiger partial charge in [-0.05, 0) is 31.2 Å². The minimum absolute atomic E-state index is 0.142. The maximum absolute atomic E-state index is 11.4. The van der Waals surface area contributed by atoms with Gasteiger partial charge in [0.2, 0.25) is 0 Å². The number of Topliss-reactive ketones (excluding diaryl/α,β-unsaturated/α-hetero) is 1. The van der Waals surface area contributed by atoms with Gasteiger partial charge in [0.1, 0.15) is 11.5 Å². The average Bonchev–Trinajstić information content (AvgIpc) is 2.64. The van der Waals surface area contributed by atoms with Crippen LogP contribution in [0.3, 0.4) is 0 Å². The third-order valence-corrected chi connectivity index (χ3v) is 3.07. The average molecular weight is 348 g/mol. The van der Waals surface area contributed by atoms with Gasteiger partial charge in [0.25, 0.3) is 0 Å². The zero-order valence-electron chi connectivity index (χ0n) is 14.9. The summed E-state index contributed by atoms with van der Waals surface area (Å²) >= 11 is 0. The summed E-state index contributed by atoms with van der Waals surface area (Å²) in [7, 11) is 0. The lowest BCUT2D eigenvalue weighted by Crippen LogP contribution is -1.98. The highest BCUT2D eigenvalue weighted by Crippen LogP contribution is 2.06. The van der Waals surface area contributed by atoms with Crippen LogP contribution in [0, 0.1) is 0 Å². The van der Waals surface area contributed by atoms with E-state index in [0.29, 0.717) is 17.9 Å². The maximum atomic E-state index is 11.4. The SMILES string of the molecule is C=C(C)CC(=O)c1ccccc1.Oc1ccccc1.Oc1ccccc1. The van der Waals surface area contributed by atoms with E-state index in [4.69, 9.17) is 10.2 Å². The highest BCUT2D eigenvalue weighted by molar-refractivity contribution is 5.97. The van der Waals surface area contributed by atoms with Crippen molar-refractivity contribution in [3.8, 4) is 11.5 Å². The van der Waals surface area contributed by atoms with Crippen molar-refractivity contribution in [1.82, 2.24) is 0 Å². The smallest absolute Gasteiger partial charge is 0.166 e. The molecule has 0 atom stereocenters. The van der Waals surface area contributed by atoms with Crippen LogP contribution in [0.5, 0.6) is 11.5 Å². The number of allylic oxidation sites excluding steroid dienone is 1. The van der Waals surface area contributed by atoms with Crippen molar-refractivity contribution in [3.63, 3.8) is 0 Å². The molecule has 0 saturated heterocycles. The molecule has 2 N–H and O–H groups in total. The molecule has 26 heavy (non-hydrogen) atoms. The Labute approximate surface area is 154 Å². The first-order valence-electron chi connectivity index (χ1n) is 8.19. The van der Waals surface area contributed by atoms with Crippen molar-refractivity contribution in [1.29, 1.82) is 0 Å². The van der Waals surface area contributed by atoms with Crippen molar-refractivity contribution in [2.24, 2.45) is 0 Å². The Kier molecular flexibility index (Phi) is 9.63. The molecule has 0 fully saturated rings. The fraction of sp³-hybridized carbons (Fsp3) is 0.0870. The van der Waals surface area contributed by atoms with Crippen LogP contribution in [0.2, 0.25) is 0 Å². The zero-order chi connectivity index (χ0) is 19.2. The molecule has 0 aliphatic rings. The van der Waals surface area contributed by atoms with Crippen molar-refractivity contribution < 1.29 is 15.0 Å². The number of benzene rings is 3. The number of carbonyl (C=O) groups is 1. The molecule has 0 bridgehead atoms. The number of carbonyl (C=O) groups excluding carboxylic acids is 1. The maximum Gasteiger partial charge on any atom is 0.166 e. The molecule has 3 nitrogen and oxygen atoms in total. The molecule has 0 amide bonds. The van der Waals surface area contributed by atoms with Gasteiger partial charge in [0.15, 0.2) is 5.78 Å². The number of hydrogen-bond donors (Lipinski definition) is 2. The van der Waals surface area contributed by atoms with E-state index in [1.165, 1.54) is 0 Å². The third-order valence-electron chi connectivity index (χ3n) is 3.07. The molecule has 0 aromatic heterocycles. The van der Waals surface area contributed by atoms with Gasteiger partial charge < -0.3 is 10.2 Å². The van der Waals surface area contributed by atoms with Gasteiger partial charge in [0.05, 0.1) is 0 Å². The van der Waals surface area contributed by atoms with Crippen LogP contribution in [-0.4, -0.2) is 16.0 Å². The van der Waals surface area contributed by atoms with Crippen LogP contribution in [0.25, 0.3) is 0 Å². The fourth-order valence-corrected chi connectivity index (χ4v) is 1.86. The van der Waals surface area contributed by atoms with Crippen molar-refractivity contribution in [2.75, 3.05) is 0 Å². The van der Waals surface area contributed by atoms with Gasteiger partial charge in [0, 0.05) is 12.0 Å². The van der Waals surface area contributed by atoms with E-state index in [1.54, 1.807) is 48.5 Å². The van der Waals surface area contributed by atoms with E-state index < -0.39 is 0 Å². The van der Waals surface area contributed by atoms with Crippen LogP contribution >= 0.6 is 0 Å². The number of phenolic OH excluding ortho intramolecular Hbond substituents is 2. The highest BCUT2D eigenvalue weighted by atomic mass is 16.3. The first-order chi connectivity index (χ1) is 12.5. The fourth-order valence-electron chi connectivity index (χ4n) is 1.86. The topological polar surface area (TPSA) is 57.5 Å². The van der Waals surface area contributed by atoms with Gasteiger partial charge in [-0.1, -0.05) is 78.9 Å². The van der Waals surface area contributed by atoms with E-state index in [1.807, 2.05) is 49.4 Å². The predicted molar refractivity (Wildman–Crippen MR) is 106 cm³/mol. The summed E-state index contributed by atoms with van der Waals surface area (Å²) < 4.78 is 0. The summed E-state index contributed by atoms with van der Waals surface area (Å²) in [5.41, 5.74) is 1.67. The summed E-state index contributed by atoms with van der Waals surface area (Å²) in [5.74, 6) is 0.785. The monoisotopic (exact) mass is 348 g/mol. The first kappa shape index (κ1) is 20.7. The lowest BCUT2D eigenvalue weighted by atomic mass is 10.1. The van der Waals surface area contributed by atoms with Gasteiger partial charge in [-0.15, -0.1) is 0 Å². The van der Waals surface area contributed by atoms with Gasteiger partial charge in [-0.2, -0.15) is 0 Å². The molecule has 0 aliphatic heterocycles. The predicted octanol–water partition coefficient (Wildman–Crippen LogP) is 5.62. The van der Waals surface area contributed by atoms with E-state index in [2.05, 4.69) is 6.58 Å². The minimum Gasteiger partial charge on any atom is -0.508 e. The van der Waals surface area contributed by atoms with E-state index in [0.717, 1.165) is 11.1 Å². The zero-order valence-corrected chi connectivity index (χ0v) is 14.9. The summed E-state index contributed by atoms with van der Waals surface area (Å²) in [6.45, 7) is 5.56. The molecular weight excluding hydrogens is 324 g/mol. The van der Waals surface area contributed by atoms with E-state index >= 15 is 0 Å².